The van der Waals surface area contributed by atoms with Crippen molar-refractivity contribution in [2.75, 3.05) is 20.7 Å². The van der Waals surface area contributed by atoms with Gasteiger partial charge < -0.3 is 20.3 Å². The summed E-state index contributed by atoms with van der Waals surface area (Å²) in [4.78, 5) is 18.1. The molecule has 3 rings (SSSR count). The average molecular weight is 288 g/mol. The molecular weight excluding hydrogens is 268 g/mol. The lowest BCUT2D eigenvalue weighted by molar-refractivity contribution is 0.252. The third-order valence-corrected chi connectivity index (χ3v) is 3.72. The van der Waals surface area contributed by atoms with E-state index in [0.717, 1.165) is 29.4 Å². The highest BCUT2D eigenvalue weighted by Crippen LogP contribution is 2.32. The van der Waals surface area contributed by atoms with Crippen LogP contribution in [-0.4, -0.2) is 58.0 Å². The summed E-state index contributed by atoms with van der Waals surface area (Å²) in [7, 11) is 3.83. The Bertz CT molecular complexity index is 650. The number of nitrogens with one attached hydrogen (secondary N) is 2. The normalized spacial score (nSPS) is 22.4. The maximum absolute atomic E-state index is 9.24. The quantitative estimate of drug-likeness (QED) is 0.576. The van der Waals surface area contributed by atoms with Gasteiger partial charge in [0.1, 0.15) is 11.8 Å². The number of nitrogens with zero attached hydrogens (tertiary/aromatic N) is 4. The van der Waals surface area contributed by atoms with Crippen molar-refractivity contribution in [3.8, 4) is 0 Å². The van der Waals surface area contributed by atoms with E-state index in [1.54, 1.807) is 12.7 Å². The molecule has 1 aliphatic rings. The van der Waals surface area contributed by atoms with Gasteiger partial charge in [-0.15, -0.1) is 0 Å². The summed E-state index contributed by atoms with van der Waals surface area (Å²) in [6.07, 6.45) is 7.20. The Morgan fingerprint density at radius 1 is 1.43 bits per heavy atom. The molecule has 2 atom stereocenters. The summed E-state index contributed by atoms with van der Waals surface area (Å²) >= 11 is 0. The minimum absolute atomic E-state index is 0.173. The smallest absolute Gasteiger partial charge is 0.181 e. The van der Waals surface area contributed by atoms with Gasteiger partial charge >= 0.3 is 0 Å². The fraction of sp³-hybridized carbons (Fsp3) is 0.500. The van der Waals surface area contributed by atoms with Crippen molar-refractivity contribution in [2.45, 2.75) is 24.9 Å². The molecule has 2 unspecified atom stereocenters. The van der Waals surface area contributed by atoms with E-state index in [4.69, 9.17) is 0 Å². The molecule has 2 aromatic heterocycles. The van der Waals surface area contributed by atoms with Crippen molar-refractivity contribution >= 4 is 23.2 Å². The van der Waals surface area contributed by atoms with Crippen LogP contribution >= 0.6 is 0 Å². The number of aliphatic hydroxyl groups excluding tert-OH is 1. The minimum atomic E-state index is 0.173. The second-order valence-corrected chi connectivity index (χ2v) is 5.55. The Hall–Kier alpha value is -1.99. The molecule has 1 saturated heterocycles. The first-order valence-corrected chi connectivity index (χ1v) is 7.08. The van der Waals surface area contributed by atoms with Gasteiger partial charge in [-0.05, 0) is 12.8 Å². The zero-order valence-corrected chi connectivity index (χ0v) is 12.2. The summed E-state index contributed by atoms with van der Waals surface area (Å²) in [6, 6.07) is 0.393. The Morgan fingerprint density at radius 3 is 3.00 bits per heavy atom. The molecule has 112 valence electrons. The van der Waals surface area contributed by atoms with Gasteiger partial charge in [-0.25, -0.2) is 15.0 Å². The monoisotopic (exact) mass is 288 g/mol. The fourth-order valence-corrected chi connectivity index (χ4v) is 2.69. The molecule has 7 nitrogen and oxygen atoms in total. The number of fused-ring (bicyclic) bond motifs is 1. The van der Waals surface area contributed by atoms with Crippen LogP contribution < -0.4 is 5.32 Å². The Labute approximate surface area is 123 Å². The molecule has 7 heteroatoms. The standard InChI is InChI=1S/C14H20N6O/c1-20(2)8-18-14-13-12(16-7-17-14)10(5-15-13)11-4-3-9(6-21)19-11/h5,7-9,11,15,19,21H,3-4,6H2,1-2H3. The van der Waals surface area contributed by atoms with Gasteiger partial charge in [0.2, 0.25) is 0 Å². The number of rotatable bonds is 4. The number of hydrogen-bond acceptors (Lipinski definition) is 5. The lowest BCUT2D eigenvalue weighted by Crippen LogP contribution is -2.27. The van der Waals surface area contributed by atoms with Crippen molar-refractivity contribution in [2.24, 2.45) is 4.99 Å². The average Bonchev–Trinajstić information content (AvgIpc) is 3.10. The van der Waals surface area contributed by atoms with E-state index in [1.165, 1.54) is 0 Å². The Balaban J connectivity index is 1.94. The molecule has 3 heterocycles. The number of aliphatic imine (C=N–C) groups is 1. The van der Waals surface area contributed by atoms with Crippen molar-refractivity contribution in [3.63, 3.8) is 0 Å². The van der Waals surface area contributed by atoms with Gasteiger partial charge in [-0.1, -0.05) is 0 Å². The predicted octanol–water partition coefficient (Wildman–Crippen LogP) is 0.965. The van der Waals surface area contributed by atoms with E-state index in [1.807, 2.05) is 25.2 Å². The molecule has 21 heavy (non-hydrogen) atoms. The number of H-pyrrole nitrogens is 1. The van der Waals surface area contributed by atoms with Crippen LogP contribution in [-0.2, 0) is 0 Å². The van der Waals surface area contributed by atoms with E-state index < -0.39 is 0 Å². The second-order valence-electron chi connectivity index (χ2n) is 5.55. The summed E-state index contributed by atoms with van der Waals surface area (Å²) in [5.74, 6) is 0.636. The van der Waals surface area contributed by atoms with Crippen LogP contribution in [0.4, 0.5) is 5.82 Å². The van der Waals surface area contributed by atoms with Crippen molar-refractivity contribution in [3.05, 3.63) is 18.1 Å². The lowest BCUT2D eigenvalue weighted by Gasteiger charge is -2.11. The maximum Gasteiger partial charge on any atom is 0.181 e. The van der Waals surface area contributed by atoms with E-state index in [9.17, 15) is 5.11 Å². The molecule has 0 saturated carbocycles. The maximum atomic E-state index is 9.24. The highest BCUT2D eigenvalue weighted by Gasteiger charge is 2.27. The van der Waals surface area contributed by atoms with Crippen LogP contribution in [0.15, 0.2) is 17.5 Å². The van der Waals surface area contributed by atoms with E-state index in [2.05, 4.69) is 25.3 Å². The fourth-order valence-electron chi connectivity index (χ4n) is 2.69. The van der Waals surface area contributed by atoms with E-state index in [0.29, 0.717) is 5.82 Å². The molecule has 0 bridgehead atoms. The number of hydrogen-bond donors (Lipinski definition) is 3. The zero-order chi connectivity index (χ0) is 14.8. The SMILES string of the molecule is CN(C)C=Nc1ncnc2c(C3CCC(CO)N3)c[nH]c12. The van der Waals surface area contributed by atoms with Gasteiger partial charge in [-0.3, -0.25) is 0 Å². The van der Waals surface area contributed by atoms with Crippen LogP contribution in [0.1, 0.15) is 24.4 Å². The number of aromatic amines is 1. The molecule has 3 N–H and O–H groups in total. The third kappa shape index (κ3) is 2.74. The van der Waals surface area contributed by atoms with Crippen molar-refractivity contribution < 1.29 is 5.11 Å². The summed E-state index contributed by atoms with van der Waals surface area (Å²) in [6.45, 7) is 0.173. The van der Waals surface area contributed by atoms with Crippen LogP contribution in [0.5, 0.6) is 0 Å². The summed E-state index contributed by atoms with van der Waals surface area (Å²) < 4.78 is 0. The third-order valence-electron chi connectivity index (χ3n) is 3.72. The second kappa shape index (κ2) is 5.79. The van der Waals surface area contributed by atoms with Crippen LogP contribution in [0, 0.1) is 0 Å². The first-order valence-electron chi connectivity index (χ1n) is 7.08. The van der Waals surface area contributed by atoms with Gasteiger partial charge in [0.25, 0.3) is 0 Å². The first kappa shape index (κ1) is 14.0. The van der Waals surface area contributed by atoms with Crippen molar-refractivity contribution in [1.29, 1.82) is 0 Å². The summed E-state index contributed by atoms with van der Waals surface area (Å²) in [5, 5.41) is 12.7. The molecule has 2 aromatic rings. The topological polar surface area (TPSA) is 89.4 Å². The van der Waals surface area contributed by atoms with Crippen LogP contribution in [0.3, 0.4) is 0 Å². The van der Waals surface area contributed by atoms with Gasteiger partial charge in [-0.2, -0.15) is 0 Å². The molecule has 0 amide bonds. The van der Waals surface area contributed by atoms with Gasteiger partial charge in [0, 0.05) is 37.9 Å². The van der Waals surface area contributed by atoms with E-state index >= 15 is 0 Å². The highest BCUT2D eigenvalue weighted by molar-refractivity contribution is 5.88. The largest absolute Gasteiger partial charge is 0.395 e. The van der Waals surface area contributed by atoms with Gasteiger partial charge in [0.15, 0.2) is 5.82 Å². The number of aromatic nitrogens is 3. The van der Waals surface area contributed by atoms with E-state index in [-0.39, 0.29) is 18.7 Å². The van der Waals surface area contributed by atoms with Crippen LogP contribution in [0.2, 0.25) is 0 Å². The summed E-state index contributed by atoms with van der Waals surface area (Å²) in [5.41, 5.74) is 2.86. The number of aliphatic hydroxyl groups is 1. The molecule has 0 spiro atoms. The molecule has 0 aliphatic carbocycles. The Kier molecular flexibility index (Phi) is 3.85. The zero-order valence-electron chi connectivity index (χ0n) is 12.2. The first-order chi connectivity index (χ1) is 10.2. The molecule has 1 fully saturated rings. The molecule has 1 aliphatic heterocycles. The minimum Gasteiger partial charge on any atom is -0.395 e. The lowest BCUT2D eigenvalue weighted by atomic mass is 10.1. The Morgan fingerprint density at radius 2 is 2.29 bits per heavy atom. The predicted molar refractivity (Wildman–Crippen MR) is 81.7 cm³/mol. The molecule has 0 radical (unpaired) electrons. The highest BCUT2D eigenvalue weighted by atomic mass is 16.3. The van der Waals surface area contributed by atoms with Crippen molar-refractivity contribution in [1.82, 2.24) is 25.2 Å². The molecular formula is C14H20N6O. The molecule has 0 aromatic carbocycles. The van der Waals surface area contributed by atoms with Gasteiger partial charge in [0.05, 0.1) is 18.5 Å². The van der Waals surface area contributed by atoms with Crippen LogP contribution in [0.25, 0.3) is 11.0 Å².